The van der Waals surface area contributed by atoms with Crippen LogP contribution in [0.4, 0.5) is 8.78 Å². The highest BCUT2D eigenvalue weighted by molar-refractivity contribution is 5.79. The van der Waals surface area contributed by atoms with Crippen molar-refractivity contribution in [2.75, 3.05) is 6.54 Å². The number of hydrogen-bond donors (Lipinski definition) is 1. The number of carbonyl (C=O) groups is 1. The fourth-order valence-electron chi connectivity index (χ4n) is 2.75. The van der Waals surface area contributed by atoms with Crippen molar-refractivity contribution in [2.24, 2.45) is 0 Å². The number of amides is 1. The molecule has 0 aliphatic carbocycles. The lowest BCUT2D eigenvalue weighted by Crippen LogP contribution is -2.38. The van der Waals surface area contributed by atoms with E-state index >= 15 is 0 Å². The summed E-state index contributed by atoms with van der Waals surface area (Å²) in [6.07, 6.45) is 1.65. The first-order valence-corrected chi connectivity index (χ1v) is 6.89. The zero-order chi connectivity index (χ0) is 14.7. The summed E-state index contributed by atoms with van der Waals surface area (Å²) in [5.41, 5.74) is 0.0812. The Morgan fingerprint density at radius 3 is 2.95 bits per heavy atom. The monoisotopic (exact) mass is 283 g/mol. The molecule has 1 aliphatic rings. The summed E-state index contributed by atoms with van der Waals surface area (Å²) in [5, 5.41) is 9.44. The molecule has 1 heterocycles. The minimum Gasteiger partial charge on any atom is -0.393 e. The van der Waals surface area contributed by atoms with Crippen LogP contribution in [0.2, 0.25) is 0 Å². The maximum atomic E-state index is 13.5. The summed E-state index contributed by atoms with van der Waals surface area (Å²) >= 11 is 0. The average Bonchev–Trinajstić information content (AvgIpc) is 2.81. The van der Waals surface area contributed by atoms with Crippen LogP contribution >= 0.6 is 0 Å². The number of carbonyl (C=O) groups excluding carboxylic acids is 1. The van der Waals surface area contributed by atoms with Crippen molar-refractivity contribution in [2.45, 2.75) is 44.8 Å². The SMILES string of the molecule is C[C@H](O)C[C@@H]1CCCN1C(=O)Cc1cc(F)ccc1F. The van der Waals surface area contributed by atoms with E-state index in [9.17, 15) is 18.7 Å². The van der Waals surface area contributed by atoms with Crippen LogP contribution in [0, 0.1) is 11.6 Å². The molecule has 2 rings (SSSR count). The minimum atomic E-state index is -0.564. The van der Waals surface area contributed by atoms with Gasteiger partial charge in [-0.05, 0) is 44.4 Å². The normalized spacial score (nSPS) is 20.2. The molecule has 0 aromatic heterocycles. The molecule has 110 valence electrons. The number of hydrogen-bond acceptors (Lipinski definition) is 2. The quantitative estimate of drug-likeness (QED) is 0.921. The molecule has 0 radical (unpaired) electrons. The second kappa shape index (κ2) is 6.31. The number of aliphatic hydroxyl groups excluding tert-OH is 1. The van der Waals surface area contributed by atoms with Gasteiger partial charge in [0.15, 0.2) is 0 Å². The second-order valence-corrected chi connectivity index (χ2v) is 5.38. The smallest absolute Gasteiger partial charge is 0.227 e. The van der Waals surface area contributed by atoms with Crippen molar-refractivity contribution in [3.63, 3.8) is 0 Å². The van der Waals surface area contributed by atoms with Gasteiger partial charge < -0.3 is 10.0 Å². The number of rotatable bonds is 4. The van der Waals surface area contributed by atoms with Crippen molar-refractivity contribution < 1.29 is 18.7 Å². The van der Waals surface area contributed by atoms with Crippen LogP contribution < -0.4 is 0 Å². The molecule has 2 atom stereocenters. The summed E-state index contributed by atoms with van der Waals surface area (Å²) in [6.45, 7) is 2.31. The number of nitrogens with zero attached hydrogens (tertiary/aromatic N) is 1. The maximum Gasteiger partial charge on any atom is 0.227 e. The standard InChI is InChI=1S/C15H19F2NO2/c1-10(19)7-13-3-2-6-18(13)15(20)9-11-8-12(16)4-5-14(11)17/h4-5,8,10,13,19H,2-3,6-7,9H2,1H3/t10-,13-/m0/s1. The lowest BCUT2D eigenvalue weighted by molar-refractivity contribution is -0.131. The highest BCUT2D eigenvalue weighted by atomic mass is 19.1. The first-order chi connectivity index (χ1) is 9.47. The summed E-state index contributed by atoms with van der Waals surface area (Å²) < 4.78 is 26.6. The van der Waals surface area contributed by atoms with E-state index in [0.717, 1.165) is 31.0 Å². The summed E-state index contributed by atoms with van der Waals surface area (Å²) in [6, 6.07) is 3.14. The zero-order valence-corrected chi connectivity index (χ0v) is 11.5. The summed E-state index contributed by atoms with van der Waals surface area (Å²) in [7, 11) is 0. The third kappa shape index (κ3) is 3.54. The number of benzene rings is 1. The van der Waals surface area contributed by atoms with Crippen molar-refractivity contribution in [3.8, 4) is 0 Å². The molecule has 0 unspecified atom stereocenters. The molecule has 20 heavy (non-hydrogen) atoms. The fraction of sp³-hybridized carbons (Fsp3) is 0.533. The number of halogens is 2. The molecular formula is C15H19F2NO2. The van der Waals surface area contributed by atoms with E-state index in [1.54, 1.807) is 11.8 Å². The lowest BCUT2D eigenvalue weighted by Gasteiger charge is -2.26. The van der Waals surface area contributed by atoms with E-state index in [-0.39, 0.29) is 23.9 Å². The lowest BCUT2D eigenvalue weighted by atomic mass is 10.1. The third-order valence-corrected chi connectivity index (χ3v) is 3.66. The van der Waals surface area contributed by atoms with Gasteiger partial charge in [0.05, 0.1) is 12.5 Å². The van der Waals surface area contributed by atoms with Gasteiger partial charge in [-0.15, -0.1) is 0 Å². The Labute approximate surface area is 117 Å². The van der Waals surface area contributed by atoms with Gasteiger partial charge in [-0.25, -0.2) is 8.78 Å². The van der Waals surface area contributed by atoms with Crippen LogP contribution in [0.25, 0.3) is 0 Å². The first-order valence-electron chi connectivity index (χ1n) is 6.89. The van der Waals surface area contributed by atoms with Gasteiger partial charge in [-0.1, -0.05) is 0 Å². The van der Waals surface area contributed by atoms with E-state index in [4.69, 9.17) is 0 Å². The van der Waals surface area contributed by atoms with Crippen LogP contribution in [0.3, 0.4) is 0 Å². The predicted molar refractivity (Wildman–Crippen MR) is 71.1 cm³/mol. The van der Waals surface area contributed by atoms with Crippen molar-refractivity contribution in [3.05, 3.63) is 35.4 Å². The molecule has 1 amide bonds. The van der Waals surface area contributed by atoms with Crippen LogP contribution in [0.1, 0.15) is 31.7 Å². The Morgan fingerprint density at radius 2 is 2.25 bits per heavy atom. The maximum absolute atomic E-state index is 13.5. The Balaban J connectivity index is 2.05. The Bertz CT molecular complexity index is 491. The van der Waals surface area contributed by atoms with Gasteiger partial charge in [0.25, 0.3) is 0 Å². The van der Waals surface area contributed by atoms with Gasteiger partial charge in [-0.2, -0.15) is 0 Å². The van der Waals surface area contributed by atoms with E-state index in [2.05, 4.69) is 0 Å². The molecule has 1 aliphatic heterocycles. The molecule has 1 aromatic rings. The largest absolute Gasteiger partial charge is 0.393 e. The Morgan fingerprint density at radius 1 is 1.50 bits per heavy atom. The molecule has 3 nitrogen and oxygen atoms in total. The van der Waals surface area contributed by atoms with Gasteiger partial charge in [-0.3, -0.25) is 4.79 Å². The summed E-state index contributed by atoms with van der Waals surface area (Å²) in [4.78, 5) is 13.9. The zero-order valence-electron chi connectivity index (χ0n) is 11.5. The van der Waals surface area contributed by atoms with Crippen molar-refractivity contribution >= 4 is 5.91 Å². The van der Waals surface area contributed by atoms with Gasteiger partial charge in [0.1, 0.15) is 11.6 Å². The molecule has 1 aromatic carbocycles. The molecule has 0 bridgehead atoms. The van der Waals surface area contributed by atoms with Crippen molar-refractivity contribution in [1.82, 2.24) is 4.90 Å². The molecular weight excluding hydrogens is 264 g/mol. The minimum absolute atomic E-state index is 0.000814. The molecule has 0 spiro atoms. The molecule has 0 saturated carbocycles. The number of likely N-dealkylation sites (tertiary alicyclic amines) is 1. The Kier molecular flexibility index (Phi) is 4.70. The Hall–Kier alpha value is -1.49. The summed E-state index contributed by atoms with van der Waals surface area (Å²) in [5.74, 6) is -1.32. The molecule has 1 fully saturated rings. The topological polar surface area (TPSA) is 40.5 Å². The number of aliphatic hydroxyl groups is 1. The average molecular weight is 283 g/mol. The van der Waals surface area contributed by atoms with Crippen LogP contribution in [0.5, 0.6) is 0 Å². The van der Waals surface area contributed by atoms with Crippen LogP contribution in [0.15, 0.2) is 18.2 Å². The second-order valence-electron chi connectivity index (χ2n) is 5.38. The van der Waals surface area contributed by atoms with E-state index < -0.39 is 17.7 Å². The van der Waals surface area contributed by atoms with Crippen LogP contribution in [-0.4, -0.2) is 34.6 Å². The highest BCUT2D eigenvalue weighted by Gasteiger charge is 2.29. The fourth-order valence-corrected chi connectivity index (χ4v) is 2.75. The van der Waals surface area contributed by atoms with Crippen LogP contribution in [-0.2, 0) is 11.2 Å². The van der Waals surface area contributed by atoms with E-state index in [1.807, 2.05) is 0 Å². The van der Waals surface area contributed by atoms with E-state index in [0.29, 0.717) is 13.0 Å². The molecule has 1 N–H and O–H groups in total. The van der Waals surface area contributed by atoms with Gasteiger partial charge in [0.2, 0.25) is 5.91 Å². The van der Waals surface area contributed by atoms with Gasteiger partial charge >= 0.3 is 0 Å². The predicted octanol–water partition coefficient (Wildman–Crippen LogP) is 2.27. The van der Waals surface area contributed by atoms with E-state index in [1.165, 1.54) is 0 Å². The molecule has 5 heteroatoms. The van der Waals surface area contributed by atoms with Gasteiger partial charge in [0, 0.05) is 18.2 Å². The van der Waals surface area contributed by atoms with Crippen molar-refractivity contribution in [1.29, 1.82) is 0 Å². The third-order valence-electron chi connectivity index (χ3n) is 3.66. The highest BCUT2D eigenvalue weighted by Crippen LogP contribution is 2.23. The molecule has 1 saturated heterocycles. The first kappa shape index (κ1) is 14.9.